The molecule has 0 aromatic heterocycles. The molecule has 0 saturated heterocycles. The highest BCUT2D eigenvalue weighted by molar-refractivity contribution is 6.01. The van der Waals surface area contributed by atoms with E-state index in [9.17, 15) is 9.59 Å². The number of rotatable bonds is 1. The van der Waals surface area contributed by atoms with Gasteiger partial charge in [0.2, 0.25) is 0 Å². The Morgan fingerprint density at radius 2 is 2.04 bits per heavy atom. The molecule has 3 saturated carbocycles. The van der Waals surface area contributed by atoms with E-state index in [2.05, 4.69) is 6.92 Å². The molecule has 3 fully saturated rings. The highest BCUT2D eigenvalue weighted by atomic mass is 19.1. The third-order valence-corrected chi connectivity index (χ3v) is 7.24. The van der Waals surface area contributed by atoms with Crippen LogP contribution in [0.4, 0.5) is 4.39 Å². The van der Waals surface area contributed by atoms with Gasteiger partial charge in [0.15, 0.2) is 11.5 Å². The van der Waals surface area contributed by atoms with E-state index in [-0.39, 0.29) is 29.2 Å². The number of halogens is 1. The van der Waals surface area contributed by atoms with Crippen LogP contribution in [-0.2, 0) is 14.3 Å². The highest BCUT2D eigenvalue weighted by Gasteiger charge is 2.61. The van der Waals surface area contributed by atoms with Crippen molar-refractivity contribution in [3.63, 3.8) is 0 Å². The average molecular weight is 332 g/mol. The van der Waals surface area contributed by atoms with E-state index in [1.165, 1.54) is 25.2 Å². The van der Waals surface area contributed by atoms with Crippen LogP contribution in [0.2, 0.25) is 0 Å². The summed E-state index contributed by atoms with van der Waals surface area (Å²) < 4.78 is 21.4. The van der Waals surface area contributed by atoms with Gasteiger partial charge in [0, 0.05) is 18.3 Å². The van der Waals surface area contributed by atoms with Crippen LogP contribution >= 0.6 is 0 Å². The Kier molecular flexibility index (Phi) is 3.52. The van der Waals surface area contributed by atoms with Crippen molar-refractivity contribution in [3.8, 4) is 0 Å². The van der Waals surface area contributed by atoms with Crippen molar-refractivity contribution in [1.29, 1.82) is 0 Å². The Balaban J connectivity index is 1.63. The Morgan fingerprint density at radius 1 is 1.25 bits per heavy atom. The molecule has 130 valence electrons. The number of esters is 1. The number of ketones is 1. The molecule has 0 heterocycles. The SMILES string of the molecule is CC(=O)O[C@@H]1CC[C@H]2[C@@H]3CCC4=CC(=O)C=C[C@]4(F)[C@H]3CC[C@]12C. The first-order valence-electron chi connectivity index (χ1n) is 9.15. The van der Waals surface area contributed by atoms with E-state index < -0.39 is 5.67 Å². The predicted molar refractivity (Wildman–Crippen MR) is 87.9 cm³/mol. The number of hydrogen-bond donors (Lipinski definition) is 0. The lowest BCUT2D eigenvalue weighted by molar-refractivity contribution is -0.157. The Bertz CT molecular complexity index is 651. The number of carbonyl (C=O) groups is 2. The van der Waals surface area contributed by atoms with Gasteiger partial charge < -0.3 is 4.74 Å². The summed E-state index contributed by atoms with van der Waals surface area (Å²) in [5.41, 5.74) is -0.801. The molecule has 4 aliphatic carbocycles. The fraction of sp³-hybridized carbons (Fsp3) is 0.700. The maximum Gasteiger partial charge on any atom is 0.302 e. The van der Waals surface area contributed by atoms with Crippen LogP contribution in [0.1, 0.15) is 52.4 Å². The van der Waals surface area contributed by atoms with Gasteiger partial charge in [0.1, 0.15) is 6.10 Å². The van der Waals surface area contributed by atoms with Gasteiger partial charge in [-0.15, -0.1) is 0 Å². The molecule has 0 aliphatic heterocycles. The van der Waals surface area contributed by atoms with Crippen LogP contribution in [0.3, 0.4) is 0 Å². The molecule has 0 bridgehead atoms. The Morgan fingerprint density at radius 3 is 2.79 bits per heavy atom. The molecule has 0 aromatic rings. The van der Waals surface area contributed by atoms with E-state index in [1.807, 2.05) is 0 Å². The average Bonchev–Trinajstić information content (AvgIpc) is 2.84. The monoisotopic (exact) mass is 332 g/mol. The van der Waals surface area contributed by atoms with Crippen molar-refractivity contribution in [2.24, 2.45) is 23.2 Å². The minimum atomic E-state index is -1.45. The maximum atomic E-state index is 15.8. The maximum absolute atomic E-state index is 15.8. The summed E-state index contributed by atoms with van der Waals surface area (Å²) in [6.07, 6.45) is 9.58. The summed E-state index contributed by atoms with van der Waals surface area (Å²) in [6.45, 7) is 3.70. The molecule has 3 nitrogen and oxygen atoms in total. The molecular formula is C20H25FO3. The first-order valence-corrected chi connectivity index (χ1v) is 9.15. The summed E-state index contributed by atoms with van der Waals surface area (Å²) in [5, 5.41) is 0. The van der Waals surface area contributed by atoms with Gasteiger partial charge in [0.05, 0.1) is 0 Å². The second-order valence-electron chi connectivity index (χ2n) is 8.31. The molecular weight excluding hydrogens is 307 g/mol. The second-order valence-corrected chi connectivity index (χ2v) is 8.31. The molecule has 0 unspecified atom stereocenters. The molecule has 24 heavy (non-hydrogen) atoms. The molecule has 4 heteroatoms. The predicted octanol–water partition coefficient (Wildman–Crippen LogP) is 3.93. The molecule has 0 amide bonds. The van der Waals surface area contributed by atoms with Gasteiger partial charge >= 0.3 is 5.97 Å². The van der Waals surface area contributed by atoms with Gasteiger partial charge in [-0.1, -0.05) is 6.92 Å². The minimum absolute atomic E-state index is 0.0292. The number of hydrogen-bond acceptors (Lipinski definition) is 3. The van der Waals surface area contributed by atoms with Gasteiger partial charge in [-0.2, -0.15) is 0 Å². The van der Waals surface area contributed by atoms with Gasteiger partial charge in [0.25, 0.3) is 0 Å². The van der Waals surface area contributed by atoms with Crippen LogP contribution in [0.5, 0.6) is 0 Å². The van der Waals surface area contributed by atoms with Crippen molar-refractivity contribution in [2.75, 3.05) is 0 Å². The number of alkyl halides is 1. The zero-order valence-electron chi connectivity index (χ0n) is 14.4. The number of fused-ring (bicyclic) bond motifs is 5. The van der Waals surface area contributed by atoms with Crippen LogP contribution in [0.15, 0.2) is 23.8 Å². The van der Waals surface area contributed by atoms with Crippen molar-refractivity contribution in [3.05, 3.63) is 23.8 Å². The number of allylic oxidation sites excluding steroid dienone is 4. The standard InChI is InChI=1S/C20H25FO3/c1-12(22)24-18-6-5-16-15-4-3-13-11-14(23)7-10-20(13,21)17(15)8-9-19(16,18)2/h7,10-11,15-18H,3-6,8-9H2,1-2H3/t15-,16-,17-,18+,19-,20+/m0/s1. The largest absolute Gasteiger partial charge is 0.462 e. The molecule has 6 atom stereocenters. The van der Waals surface area contributed by atoms with Gasteiger partial charge in [-0.3, -0.25) is 9.59 Å². The van der Waals surface area contributed by atoms with Gasteiger partial charge in [-0.05, 0) is 74.2 Å². The summed E-state index contributed by atoms with van der Waals surface area (Å²) in [5.74, 6) is 0.364. The summed E-state index contributed by atoms with van der Waals surface area (Å²) in [7, 11) is 0. The highest BCUT2D eigenvalue weighted by Crippen LogP contribution is 2.63. The molecule has 4 rings (SSSR count). The molecule has 0 spiro atoms. The molecule has 0 aromatic carbocycles. The van der Waals surface area contributed by atoms with Gasteiger partial charge in [-0.25, -0.2) is 4.39 Å². The van der Waals surface area contributed by atoms with Crippen LogP contribution in [-0.4, -0.2) is 23.5 Å². The molecule has 0 N–H and O–H groups in total. The second kappa shape index (κ2) is 5.27. The van der Waals surface area contributed by atoms with Crippen molar-refractivity contribution < 1.29 is 18.7 Å². The Hall–Kier alpha value is -1.45. The summed E-state index contributed by atoms with van der Waals surface area (Å²) >= 11 is 0. The third-order valence-electron chi connectivity index (χ3n) is 7.24. The summed E-state index contributed by atoms with van der Waals surface area (Å²) in [4.78, 5) is 23.1. The van der Waals surface area contributed by atoms with Crippen LogP contribution < -0.4 is 0 Å². The number of carbonyl (C=O) groups excluding carboxylic acids is 2. The normalized spacial score (nSPS) is 46.6. The molecule has 4 aliphatic rings. The smallest absolute Gasteiger partial charge is 0.302 e. The van der Waals surface area contributed by atoms with E-state index in [1.54, 1.807) is 0 Å². The quantitative estimate of drug-likeness (QED) is 0.683. The minimum Gasteiger partial charge on any atom is -0.462 e. The van der Waals surface area contributed by atoms with E-state index in [0.29, 0.717) is 23.8 Å². The first-order chi connectivity index (χ1) is 11.3. The lowest BCUT2D eigenvalue weighted by atomic mass is 9.52. The van der Waals surface area contributed by atoms with Crippen LogP contribution in [0, 0.1) is 23.2 Å². The van der Waals surface area contributed by atoms with Crippen molar-refractivity contribution in [1.82, 2.24) is 0 Å². The summed E-state index contributed by atoms with van der Waals surface area (Å²) in [6, 6.07) is 0. The zero-order valence-corrected chi connectivity index (χ0v) is 14.4. The molecule has 0 radical (unpaired) electrons. The first kappa shape index (κ1) is 16.0. The third kappa shape index (κ3) is 2.14. The van der Waals surface area contributed by atoms with Crippen LogP contribution in [0.25, 0.3) is 0 Å². The zero-order chi connectivity index (χ0) is 17.1. The fourth-order valence-electron chi connectivity index (χ4n) is 6.15. The van der Waals surface area contributed by atoms with Crippen molar-refractivity contribution >= 4 is 11.8 Å². The lowest BCUT2D eigenvalue weighted by Crippen LogP contribution is -2.53. The van der Waals surface area contributed by atoms with E-state index >= 15 is 4.39 Å². The van der Waals surface area contributed by atoms with E-state index in [4.69, 9.17) is 4.74 Å². The Labute approximate surface area is 142 Å². The van der Waals surface area contributed by atoms with E-state index in [0.717, 1.165) is 32.1 Å². The fourth-order valence-corrected chi connectivity index (χ4v) is 6.15. The lowest BCUT2D eigenvalue weighted by Gasteiger charge is -2.54. The number of ether oxygens (including phenoxy) is 1. The van der Waals surface area contributed by atoms with Crippen molar-refractivity contribution in [2.45, 2.75) is 64.1 Å². The topological polar surface area (TPSA) is 43.4 Å².